The lowest BCUT2D eigenvalue weighted by molar-refractivity contribution is 0.554. The Morgan fingerprint density at radius 1 is 1.11 bits per heavy atom. The first-order valence-corrected chi connectivity index (χ1v) is 6.07. The van der Waals surface area contributed by atoms with Crippen LogP contribution >= 0.6 is 0 Å². The molecule has 1 aromatic rings. The van der Waals surface area contributed by atoms with E-state index >= 15 is 0 Å². The van der Waals surface area contributed by atoms with Crippen LogP contribution in [-0.2, 0) is 0 Å². The van der Waals surface area contributed by atoms with Crippen LogP contribution in [-0.4, -0.2) is 19.5 Å². The molecule has 0 spiro atoms. The molecular weight excluding hydrogens is 224 g/mol. The summed E-state index contributed by atoms with van der Waals surface area (Å²) in [6.45, 7) is 2.17. The highest BCUT2D eigenvalue weighted by Gasteiger charge is 2.13. The fourth-order valence-electron chi connectivity index (χ4n) is 2.22. The normalized spacial score (nSPS) is 12.7. The van der Waals surface area contributed by atoms with E-state index in [0.717, 1.165) is 12.1 Å². The Morgan fingerprint density at radius 2 is 1.94 bits per heavy atom. The smallest absolute Gasteiger partial charge is 0.182 e. The minimum Gasteiger partial charge on any atom is -0.329 e. The predicted octanol–water partition coefficient (Wildman–Crippen LogP) is 2.78. The summed E-state index contributed by atoms with van der Waals surface area (Å²) in [4.78, 5) is 12.6. The van der Waals surface area contributed by atoms with Gasteiger partial charge in [-0.2, -0.15) is 0 Å². The molecule has 2 aliphatic rings. The number of rotatable bonds is 3. The van der Waals surface area contributed by atoms with Gasteiger partial charge in [-0.05, 0) is 12.0 Å². The first-order chi connectivity index (χ1) is 8.88. The lowest BCUT2D eigenvalue weighted by Gasteiger charge is -2.19. The molecule has 0 amide bonds. The maximum absolute atomic E-state index is 4.32. The lowest BCUT2D eigenvalue weighted by atomic mass is 10.0. The van der Waals surface area contributed by atoms with Crippen LogP contribution < -0.4 is 0 Å². The molecule has 0 radical (unpaired) electrons. The predicted molar refractivity (Wildman–Crippen MR) is 69.3 cm³/mol. The van der Waals surface area contributed by atoms with Crippen molar-refractivity contribution >= 4 is 0 Å². The van der Waals surface area contributed by atoms with Gasteiger partial charge in [-0.1, -0.05) is 37.3 Å². The summed E-state index contributed by atoms with van der Waals surface area (Å²) in [5, 5.41) is 0. The van der Waals surface area contributed by atoms with E-state index in [0.29, 0.717) is 11.9 Å². The van der Waals surface area contributed by atoms with Gasteiger partial charge in [0.2, 0.25) is 0 Å². The summed E-state index contributed by atoms with van der Waals surface area (Å²) in [5.74, 6) is 0.703. The van der Waals surface area contributed by atoms with Gasteiger partial charge in [0.15, 0.2) is 5.82 Å². The highest BCUT2D eigenvalue weighted by atomic mass is 15.1. The van der Waals surface area contributed by atoms with E-state index in [1.54, 1.807) is 6.33 Å². The van der Waals surface area contributed by atoms with Gasteiger partial charge in [0.05, 0.1) is 12.4 Å². The van der Waals surface area contributed by atoms with Crippen LogP contribution in [0, 0.1) is 0 Å². The second-order valence-electron chi connectivity index (χ2n) is 4.24. The van der Waals surface area contributed by atoms with Gasteiger partial charge >= 0.3 is 0 Å². The molecule has 4 heteroatoms. The first kappa shape index (κ1) is 10.9. The van der Waals surface area contributed by atoms with Crippen molar-refractivity contribution in [1.82, 2.24) is 19.5 Å². The molecule has 0 aromatic heterocycles. The molecule has 0 aliphatic carbocycles. The summed E-state index contributed by atoms with van der Waals surface area (Å²) < 4.78 is 2.10. The lowest BCUT2D eigenvalue weighted by Crippen LogP contribution is -2.11. The van der Waals surface area contributed by atoms with Crippen LogP contribution in [0.1, 0.15) is 24.9 Å². The molecule has 1 aromatic carbocycles. The van der Waals surface area contributed by atoms with Crippen molar-refractivity contribution in [2.75, 3.05) is 0 Å². The number of fused-ring (bicyclic) bond motifs is 1. The standard InChI is InChI=1S/C14H14N4/c1-2-13(11-6-4-3-5-7-11)18-8-12-14(17-10-18)16-9-15-12/h3-10,13H,2H2,1H3. The highest BCUT2D eigenvalue weighted by molar-refractivity contribution is 5.47. The molecule has 4 nitrogen and oxygen atoms in total. The fraction of sp³-hybridized carbons (Fsp3) is 0.214. The molecular formula is C14H14N4. The number of aromatic nitrogens is 4. The van der Waals surface area contributed by atoms with E-state index in [4.69, 9.17) is 0 Å². The van der Waals surface area contributed by atoms with Crippen molar-refractivity contribution in [2.45, 2.75) is 19.4 Å². The van der Waals surface area contributed by atoms with Crippen molar-refractivity contribution in [3.63, 3.8) is 0 Å². The van der Waals surface area contributed by atoms with E-state index in [1.165, 1.54) is 5.56 Å². The van der Waals surface area contributed by atoms with Gasteiger partial charge in [0.1, 0.15) is 12.0 Å². The molecule has 18 heavy (non-hydrogen) atoms. The third-order valence-corrected chi connectivity index (χ3v) is 3.12. The van der Waals surface area contributed by atoms with Crippen LogP contribution in [0.5, 0.6) is 0 Å². The average Bonchev–Trinajstić information content (AvgIpc) is 2.88. The molecule has 0 fully saturated rings. The highest BCUT2D eigenvalue weighted by Crippen LogP contribution is 2.23. The first-order valence-electron chi connectivity index (χ1n) is 6.07. The third-order valence-electron chi connectivity index (χ3n) is 3.12. The van der Waals surface area contributed by atoms with Crippen LogP contribution in [0.3, 0.4) is 0 Å². The Bertz CT molecular complexity index is 602. The molecule has 3 rings (SSSR count). The number of hydrogen-bond donors (Lipinski definition) is 0. The van der Waals surface area contributed by atoms with Crippen LogP contribution in [0.15, 0.2) is 49.2 Å². The van der Waals surface area contributed by atoms with Crippen LogP contribution in [0.2, 0.25) is 0 Å². The quantitative estimate of drug-likeness (QED) is 0.704. The summed E-state index contributed by atoms with van der Waals surface area (Å²) in [7, 11) is 0. The number of benzene rings is 1. The van der Waals surface area contributed by atoms with E-state index in [1.807, 2.05) is 18.6 Å². The summed E-state index contributed by atoms with van der Waals surface area (Å²) >= 11 is 0. The van der Waals surface area contributed by atoms with E-state index in [-0.39, 0.29) is 0 Å². The molecule has 90 valence electrons. The van der Waals surface area contributed by atoms with Crippen LogP contribution in [0.25, 0.3) is 11.5 Å². The number of imidazole rings is 1. The summed E-state index contributed by atoms with van der Waals surface area (Å²) in [6, 6.07) is 10.7. The molecule has 1 atom stereocenters. The molecule has 0 saturated carbocycles. The SMILES string of the molecule is CCC(c1ccccc1)n1cnc2ncnc-2c1. The van der Waals surface area contributed by atoms with Crippen molar-refractivity contribution in [3.8, 4) is 11.5 Å². The van der Waals surface area contributed by atoms with E-state index in [2.05, 4.69) is 50.7 Å². The third kappa shape index (κ3) is 1.86. The molecule has 0 saturated heterocycles. The summed E-state index contributed by atoms with van der Waals surface area (Å²) in [5.41, 5.74) is 2.12. The molecule has 2 heterocycles. The zero-order chi connectivity index (χ0) is 12.4. The number of nitrogens with zero attached hydrogens (tertiary/aromatic N) is 4. The maximum atomic E-state index is 4.32. The second kappa shape index (κ2) is 4.56. The summed E-state index contributed by atoms with van der Waals surface area (Å²) in [6.07, 6.45) is 6.40. The minimum absolute atomic E-state index is 0.291. The molecule has 0 bridgehead atoms. The van der Waals surface area contributed by atoms with Crippen molar-refractivity contribution in [2.24, 2.45) is 0 Å². The number of hydrogen-bond acceptors (Lipinski definition) is 3. The van der Waals surface area contributed by atoms with Gasteiger partial charge in [-0.25, -0.2) is 15.0 Å². The fourth-order valence-corrected chi connectivity index (χ4v) is 2.22. The monoisotopic (exact) mass is 238 g/mol. The van der Waals surface area contributed by atoms with Gasteiger partial charge in [-0.15, -0.1) is 0 Å². The molecule has 1 unspecified atom stereocenters. The Kier molecular flexibility index (Phi) is 2.76. The Hall–Kier alpha value is -2.23. The molecule has 2 aliphatic heterocycles. The van der Waals surface area contributed by atoms with Gasteiger partial charge in [-0.3, -0.25) is 0 Å². The zero-order valence-electron chi connectivity index (χ0n) is 10.2. The Labute approximate surface area is 106 Å². The molecule has 0 N–H and O–H groups in total. The van der Waals surface area contributed by atoms with Crippen molar-refractivity contribution in [3.05, 3.63) is 54.7 Å². The zero-order valence-corrected chi connectivity index (χ0v) is 10.2. The van der Waals surface area contributed by atoms with E-state index in [9.17, 15) is 0 Å². The van der Waals surface area contributed by atoms with E-state index < -0.39 is 0 Å². The minimum atomic E-state index is 0.291. The van der Waals surface area contributed by atoms with Crippen molar-refractivity contribution in [1.29, 1.82) is 0 Å². The van der Waals surface area contributed by atoms with Gasteiger partial charge in [0, 0.05) is 6.20 Å². The topological polar surface area (TPSA) is 43.6 Å². The Morgan fingerprint density at radius 3 is 2.72 bits per heavy atom. The van der Waals surface area contributed by atoms with Gasteiger partial charge in [0.25, 0.3) is 0 Å². The second-order valence-corrected chi connectivity index (χ2v) is 4.24. The van der Waals surface area contributed by atoms with Crippen LogP contribution in [0.4, 0.5) is 0 Å². The van der Waals surface area contributed by atoms with Gasteiger partial charge < -0.3 is 4.57 Å². The van der Waals surface area contributed by atoms with Crippen molar-refractivity contribution < 1.29 is 0 Å². The average molecular weight is 238 g/mol. The Balaban J connectivity index is 2.04. The largest absolute Gasteiger partial charge is 0.329 e. The maximum Gasteiger partial charge on any atom is 0.182 e.